The van der Waals surface area contributed by atoms with E-state index >= 15 is 0 Å². The minimum atomic E-state index is -0.351. The van der Waals surface area contributed by atoms with E-state index in [1.54, 1.807) is 30.7 Å². The fourth-order valence-electron chi connectivity index (χ4n) is 2.01. The summed E-state index contributed by atoms with van der Waals surface area (Å²) in [4.78, 5) is 28.1. The van der Waals surface area contributed by atoms with Crippen molar-refractivity contribution in [3.8, 4) is 0 Å². The van der Waals surface area contributed by atoms with E-state index in [4.69, 9.17) is 5.73 Å². The maximum Gasteiger partial charge on any atom is 0.271 e. The first-order valence-electron chi connectivity index (χ1n) is 7.43. The molecule has 3 heterocycles. The van der Waals surface area contributed by atoms with Gasteiger partial charge in [0.2, 0.25) is 0 Å². The summed E-state index contributed by atoms with van der Waals surface area (Å²) in [6.45, 7) is 0.510. The molecule has 1 amide bonds. The number of hydrazine groups is 1. The number of nitrogens with two attached hydrogens (primary N) is 1. The predicted octanol–water partition coefficient (Wildman–Crippen LogP) is 1.22. The third kappa shape index (κ3) is 4.16. The van der Waals surface area contributed by atoms with Crippen LogP contribution in [0.3, 0.4) is 0 Å². The van der Waals surface area contributed by atoms with E-state index < -0.39 is 0 Å². The fraction of sp³-hybridized carbons (Fsp3) is 0.0625. The molecule has 9 heteroatoms. The molecule has 0 aliphatic heterocycles. The van der Waals surface area contributed by atoms with Gasteiger partial charge >= 0.3 is 0 Å². The van der Waals surface area contributed by atoms with Gasteiger partial charge < -0.3 is 11.1 Å². The van der Waals surface area contributed by atoms with Crippen molar-refractivity contribution in [2.75, 3.05) is 16.5 Å². The summed E-state index contributed by atoms with van der Waals surface area (Å²) in [7, 11) is 0. The molecule has 0 radical (unpaired) electrons. The first kappa shape index (κ1) is 16.1. The number of nitrogen functional groups attached to an aromatic ring is 1. The first-order valence-corrected chi connectivity index (χ1v) is 7.43. The van der Waals surface area contributed by atoms with Crippen LogP contribution in [0, 0.1) is 0 Å². The topological polar surface area (TPSA) is 131 Å². The van der Waals surface area contributed by atoms with Crippen molar-refractivity contribution in [3.63, 3.8) is 0 Å². The van der Waals surface area contributed by atoms with Crippen LogP contribution in [0.25, 0.3) is 0 Å². The Kier molecular flexibility index (Phi) is 4.95. The number of pyridine rings is 2. The van der Waals surface area contributed by atoms with Gasteiger partial charge in [0, 0.05) is 31.3 Å². The standard InChI is InChI=1S/C16H16N8O/c17-13-14(20-8-11-3-1-5-18-7-11)21-10-22-15(13)23-24-16(25)12-4-2-6-19-9-12/h1-7,9-10H,8,17H2,(H,24,25)(H2,20,21,22,23). The highest BCUT2D eigenvalue weighted by Gasteiger charge is 2.10. The van der Waals surface area contributed by atoms with E-state index in [2.05, 4.69) is 36.1 Å². The second kappa shape index (κ2) is 7.68. The zero-order chi connectivity index (χ0) is 17.5. The third-order valence-electron chi connectivity index (χ3n) is 3.28. The maximum atomic E-state index is 12.0. The van der Waals surface area contributed by atoms with E-state index in [1.807, 2.05) is 12.1 Å². The van der Waals surface area contributed by atoms with Crippen LogP contribution in [0.1, 0.15) is 15.9 Å². The Morgan fingerprint density at radius 2 is 1.80 bits per heavy atom. The van der Waals surface area contributed by atoms with E-state index in [-0.39, 0.29) is 11.6 Å². The molecule has 3 rings (SSSR count). The van der Waals surface area contributed by atoms with Gasteiger partial charge in [-0.15, -0.1) is 0 Å². The molecule has 3 aromatic heterocycles. The molecule has 0 aliphatic carbocycles. The van der Waals surface area contributed by atoms with Crippen LogP contribution in [0.5, 0.6) is 0 Å². The lowest BCUT2D eigenvalue weighted by molar-refractivity contribution is 0.0962. The SMILES string of the molecule is Nc1c(NCc2cccnc2)ncnc1NNC(=O)c1cccnc1. The van der Waals surface area contributed by atoms with Gasteiger partial charge in [0.25, 0.3) is 5.91 Å². The highest BCUT2D eigenvalue weighted by molar-refractivity contribution is 5.94. The summed E-state index contributed by atoms with van der Waals surface area (Å²) in [5.74, 6) is 0.397. The summed E-state index contributed by atoms with van der Waals surface area (Å²) in [5.41, 5.74) is 12.9. The minimum Gasteiger partial charge on any atom is -0.393 e. The Morgan fingerprint density at radius 3 is 2.52 bits per heavy atom. The number of aromatic nitrogens is 4. The number of carbonyl (C=O) groups is 1. The molecule has 0 atom stereocenters. The molecular formula is C16H16N8O. The zero-order valence-corrected chi connectivity index (χ0v) is 13.2. The normalized spacial score (nSPS) is 10.1. The Bertz CT molecular complexity index is 841. The molecule has 0 spiro atoms. The van der Waals surface area contributed by atoms with Gasteiger partial charge in [-0.2, -0.15) is 0 Å². The number of nitrogens with zero attached hydrogens (tertiary/aromatic N) is 4. The van der Waals surface area contributed by atoms with Crippen molar-refractivity contribution < 1.29 is 4.79 Å². The van der Waals surface area contributed by atoms with Crippen LogP contribution in [0.2, 0.25) is 0 Å². The summed E-state index contributed by atoms with van der Waals surface area (Å²) in [6.07, 6.45) is 7.85. The molecular weight excluding hydrogens is 320 g/mol. The highest BCUT2D eigenvalue weighted by atomic mass is 16.2. The van der Waals surface area contributed by atoms with Crippen molar-refractivity contribution in [2.24, 2.45) is 0 Å². The van der Waals surface area contributed by atoms with Crippen LogP contribution >= 0.6 is 0 Å². The van der Waals surface area contributed by atoms with Crippen molar-refractivity contribution in [3.05, 3.63) is 66.5 Å². The molecule has 0 fully saturated rings. The molecule has 9 nitrogen and oxygen atoms in total. The zero-order valence-electron chi connectivity index (χ0n) is 13.2. The summed E-state index contributed by atoms with van der Waals surface area (Å²) < 4.78 is 0. The van der Waals surface area contributed by atoms with Crippen molar-refractivity contribution in [2.45, 2.75) is 6.54 Å². The molecule has 3 aromatic rings. The van der Waals surface area contributed by atoms with Crippen LogP contribution in [0.15, 0.2) is 55.4 Å². The lowest BCUT2D eigenvalue weighted by Crippen LogP contribution is -2.30. The molecule has 0 aliphatic rings. The van der Waals surface area contributed by atoms with Gasteiger partial charge in [0.05, 0.1) is 5.56 Å². The highest BCUT2D eigenvalue weighted by Crippen LogP contribution is 2.22. The van der Waals surface area contributed by atoms with Crippen molar-refractivity contribution in [1.29, 1.82) is 0 Å². The molecule has 0 aromatic carbocycles. The number of carbonyl (C=O) groups excluding carboxylic acids is 1. The average molecular weight is 336 g/mol. The Morgan fingerprint density at radius 1 is 1.04 bits per heavy atom. The van der Waals surface area contributed by atoms with Crippen LogP contribution < -0.4 is 21.9 Å². The molecule has 0 saturated carbocycles. The number of nitrogens with one attached hydrogen (secondary N) is 3. The Labute approximate surface area is 143 Å². The smallest absolute Gasteiger partial charge is 0.271 e. The molecule has 0 saturated heterocycles. The third-order valence-corrected chi connectivity index (χ3v) is 3.28. The van der Waals surface area contributed by atoms with Crippen LogP contribution in [-0.2, 0) is 6.54 Å². The molecule has 25 heavy (non-hydrogen) atoms. The summed E-state index contributed by atoms with van der Waals surface area (Å²) >= 11 is 0. The molecule has 0 unspecified atom stereocenters. The molecule has 0 bridgehead atoms. The minimum absolute atomic E-state index is 0.290. The quantitative estimate of drug-likeness (QED) is 0.494. The Hall–Kier alpha value is -3.75. The second-order valence-electron chi connectivity index (χ2n) is 5.02. The van der Waals surface area contributed by atoms with Gasteiger partial charge in [-0.05, 0) is 23.8 Å². The Balaban J connectivity index is 1.63. The molecule has 5 N–H and O–H groups in total. The van der Waals surface area contributed by atoms with Gasteiger partial charge in [0.1, 0.15) is 12.0 Å². The predicted molar refractivity (Wildman–Crippen MR) is 93.3 cm³/mol. The van der Waals surface area contributed by atoms with Crippen LogP contribution in [-0.4, -0.2) is 25.8 Å². The lowest BCUT2D eigenvalue weighted by Gasteiger charge is -2.13. The van der Waals surface area contributed by atoms with Gasteiger partial charge in [-0.3, -0.25) is 25.6 Å². The fourth-order valence-corrected chi connectivity index (χ4v) is 2.01. The molecule has 126 valence electrons. The van der Waals surface area contributed by atoms with Gasteiger partial charge in [0.15, 0.2) is 11.6 Å². The van der Waals surface area contributed by atoms with Crippen LogP contribution in [0.4, 0.5) is 17.3 Å². The number of amides is 1. The largest absolute Gasteiger partial charge is 0.393 e. The van der Waals surface area contributed by atoms with E-state index in [9.17, 15) is 4.79 Å². The summed E-state index contributed by atoms with van der Waals surface area (Å²) in [6, 6.07) is 7.11. The van der Waals surface area contributed by atoms with Crippen molar-refractivity contribution in [1.82, 2.24) is 25.4 Å². The van der Waals surface area contributed by atoms with Crippen molar-refractivity contribution >= 4 is 23.2 Å². The second-order valence-corrected chi connectivity index (χ2v) is 5.02. The van der Waals surface area contributed by atoms with Gasteiger partial charge in [-0.25, -0.2) is 9.97 Å². The summed E-state index contributed by atoms with van der Waals surface area (Å²) in [5, 5.41) is 3.11. The van der Waals surface area contributed by atoms with E-state index in [0.29, 0.717) is 23.7 Å². The number of hydrogen-bond donors (Lipinski definition) is 4. The number of rotatable bonds is 6. The van der Waals surface area contributed by atoms with E-state index in [1.165, 1.54) is 12.5 Å². The maximum absolute atomic E-state index is 12.0. The van der Waals surface area contributed by atoms with Gasteiger partial charge in [-0.1, -0.05) is 6.07 Å². The monoisotopic (exact) mass is 336 g/mol. The number of hydrogen-bond acceptors (Lipinski definition) is 8. The average Bonchev–Trinajstić information content (AvgIpc) is 2.67. The van der Waals surface area contributed by atoms with E-state index in [0.717, 1.165) is 5.56 Å². The number of anilines is 3. The lowest BCUT2D eigenvalue weighted by atomic mass is 10.3. The first-order chi connectivity index (χ1) is 12.2.